The van der Waals surface area contributed by atoms with Crippen LogP contribution in [0.5, 0.6) is 0 Å². The molecule has 1 aliphatic heterocycles. The second-order valence-electron chi connectivity index (χ2n) is 4.98. The van der Waals surface area contributed by atoms with Crippen LogP contribution in [0.1, 0.15) is 11.1 Å². The van der Waals surface area contributed by atoms with Gasteiger partial charge in [0.1, 0.15) is 0 Å². The highest BCUT2D eigenvalue weighted by molar-refractivity contribution is 8.27. The average Bonchev–Trinajstić information content (AvgIpc) is 2.82. The number of anilines is 1. The van der Waals surface area contributed by atoms with Crippen LogP contribution in [0.25, 0.3) is 6.08 Å². The number of hydrogen-bond acceptors (Lipinski definition) is 3. The molecule has 1 amide bonds. The van der Waals surface area contributed by atoms with Crippen molar-refractivity contribution in [3.63, 3.8) is 0 Å². The Hall–Kier alpha value is -2.12. The fraction of sp³-hybridized carbons (Fsp3) is 0.0588. The maximum absolute atomic E-state index is 12.9. The summed E-state index contributed by atoms with van der Waals surface area (Å²) in [6, 6.07) is 13.8. The predicted molar refractivity (Wildman–Crippen MR) is 93.5 cm³/mol. The third kappa shape index (κ3) is 3.37. The van der Waals surface area contributed by atoms with E-state index in [0.29, 0.717) is 4.91 Å². The quantitative estimate of drug-likeness (QED) is 0.545. The molecule has 2 aromatic rings. The molecular weight excluding hydrogens is 355 g/mol. The molecule has 0 spiro atoms. The summed E-state index contributed by atoms with van der Waals surface area (Å²) < 4.78 is 38.8. The highest BCUT2D eigenvalue weighted by Crippen LogP contribution is 2.38. The second kappa shape index (κ2) is 6.41. The summed E-state index contributed by atoms with van der Waals surface area (Å²) in [6.45, 7) is 0. The van der Waals surface area contributed by atoms with Crippen LogP contribution in [0, 0.1) is 0 Å². The van der Waals surface area contributed by atoms with Crippen molar-refractivity contribution >= 4 is 46.0 Å². The maximum atomic E-state index is 12.9. The molecular formula is C17H10F3NOS2. The van der Waals surface area contributed by atoms with Crippen LogP contribution in [-0.2, 0) is 11.0 Å². The molecule has 0 aliphatic carbocycles. The summed E-state index contributed by atoms with van der Waals surface area (Å²) in [5.74, 6) is -0.423. The van der Waals surface area contributed by atoms with Crippen molar-refractivity contribution in [3.8, 4) is 0 Å². The Morgan fingerprint density at radius 2 is 1.75 bits per heavy atom. The van der Waals surface area contributed by atoms with E-state index in [0.717, 1.165) is 34.4 Å². The molecule has 0 bridgehead atoms. The van der Waals surface area contributed by atoms with Gasteiger partial charge in [-0.1, -0.05) is 60.4 Å². The lowest BCUT2D eigenvalue weighted by Gasteiger charge is -2.16. The molecule has 7 heteroatoms. The topological polar surface area (TPSA) is 20.3 Å². The van der Waals surface area contributed by atoms with Gasteiger partial charge in [-0.25, -0.2) is 0 Å². The zero-order valence-electron chi connectivity index (χ0n) is 12.1. The summed E-state index contributed by atoms with van der Waals surface area (Å²) in [5.41, 5.74) is 0.118. The van der Waals surface area contributed by atoms with Crippen molar-refractivity contribution in [2.24, 2.45) is 0 Å². The SMILES string of the molecule is O=C1/C(=C/c2ccccc2)SC(=S)N1c1cccc(C(F)(F)F)c1. The van der Waals surface area contributed by atoms with E-state index in [9.17, 15) is 18.0 Å². The average molecular weight is 365 g/mol. The van der Waals surface area contributed by atoms with Crippen molar-refractivity contribution in [2.45, 2.75) is 6.18 Å². The van der Waals surface area contributed by atoms with Crippen molar-refractivity contribution in [3.05, 3.63) is 70.6 Å². The summed E-state index contributed by atoms with van der Waals surface area (Å²) in [7, 11) is 0. The molecule has 122 valence electrons. The van der Waals surface area contributed by atoms with E-state index in [1.54, 1.807) is 6.08 Å². The van der Waals surface area contributed by atoms with E-state index in [2.05, 4.69) is 0 Å². The molecule has 1 saturated heterocycles. The zero-order chi connectivity index (χ0) is 17.3. The molecule has 1 heterocycles. The number of nitrogens with zero attached hydrogens (tertiary/aromatic N) is 1. The molecule has 2 aromatic carbocycles. The number of thiocarbonyl (C=S) groups is 1. The molecule has 0 radical (unpaired) electrons. The van der Waals surface area contributed by atoms with Crippen molar-refractivity contribution in [1.82, 2.24) is 0 Å². The van der Waals surface area contributed by atoms with E-state index < -0.39 is 17.6 Å². The summed E-state index contributed by atoms with van der Waals surface area (Å²) in [4.78, 5) is 14.1. The predicted octanol–water partition coefficient (Wildman–Crippen LogP) is 5.11. The van der Waals surface area contributed by atoms with Gasteiger partial charge in [-0.15, -0.1) is 0 Å². The Bertz CT molecular complexity index is 831. The number of carbonyl (C=O) groups excluding carboxylic acids is 1. The fourth-order valence-corrected chi connectivity index (χ4v) is 3.51. The largest absolute Gasteiger partial charge is 0.416 e. The number of hydrogen-bond donors (Lipinski definition) is 0. The number of rotatable bonds is 2. The van der Waals surface area contributed by atoms with Crippen LogP contribution in [0.2, 0.25) is 0 Å². The Morgan fingerprint density at radius 1 is 1.04 bits per heavy atom. The maximum Gasteiger partial charge on any atom is 0.416 e. The van der Waals surface area contributed by atoms with Crippen LogP contribution < -0.4 is 4.90 Å². The first-order valence-corrected chi connectivity index (χ1v) is 8.09. The van der Waals surface area contributed by atoms with Gasteiger partial charge in [0.2, 0.25) is 0 Å². The molecule has 0 aromatic heterocycles. The monoisotopic (exact) mass is 365 g/mol. The lowest BCUT2D eigenvalue weighted by atomic mass is 10.1. The highest BCUT2D eigenvalue weighted by atomic mass is 32.2. The molecule has 1 aliphatic rings. The van der Waals surface area contributed by atoms with Crippen molar-refractivity contribution < 1.29 is 18.0 Å². The molecule has 2 nitrogen and oxygen atoms in total. The van der Waals surface area contributed by atoms with Crippen molar-refractivity contribution in [2.75, 3.05) is 4.90 Å². The van der Waals surface area contributed by atoms with Gasteiger partial charge in [-0.05, 0) is 29.8 Å². The normalized spacial score (nSPS) is 17.0. The first-order valence-electron chi connectivity index (χ1n) is 6.86. The van der Waals surface area contributed by atoms with Gasteiger partial charge in [-0.3, -0.25) is 9.69 Å². The molecule has 0 unspecified atom stereocenters. The van der Waals surface area contributed by atoms with Gasteiger partial charge in [0.15, 0.2) is 4.32 Å². The third-order valence-electron chi connectivity index (χ3n) is 3.32. The Morgan fingerprint density at radius 3 is 2.42 bits per heavy atom. The number of thioether (sulfide) groups is 1. The molecule has 0 atom stereocenters. The first-order chi connectivity index (χ1) is 11.4. The second-order valence-corrected chi connectivity index (χ2v) is 6.65. The molecule has 0 N–H and O–H groups in total. The van der Waals surface area contributed by atoms with Crippen LogP contribution in [0.3, 0.4) is 0 Å². The summed E-state index contributed by atoms with van der Waals surface area (Å²) >= 11 is 6.25. The molecule has 24 heavy (non-hydrogen) atoms. The Kier molecular flexibility index (Phi) is 4.47. The van der Waals surface area contributed by atoms with E-state index in [4.69, 9.17) is 12.2 Å². The van der Waals surface area contributed by atoms with Gasteiger partial charge in [-0.2, -0.15) is 13.2 Å². The van der Waals surface area contributed by atoms with Crippen LogP contribution >= 0.6 is 24.0 Å². The molecule has 0 saturated carbocycles. The Balaban J connectivity index is 1.94. The zero-order valence-corrected chi connectivity index (χ0v) is 13.7. The van der Waals surface area contributed by atoms with Gasteiger partial charge in [0.05, 0.1) is 16.2 Å². The summed E-state index contributed by atoms with van der Waals surface area (Å²) in [6.07, 6.45) is -2.80. The van der Waals surface area contributed by atoms with Crippen LogP contribution in [-0.4, -0.2) is 10.2 Å². The van der Waals surface area contributed by atoms with Gasteiger partial charge < -0.3 is 0 Å². The smallest absolute Gasteiger partial charge is 0.268 e. The first kappa shape index (κ1) is 16.7. The highest BCUT2D eigenvalue weighted by Gasteiger charge is 2.35. The number of alkyl halides is 3. The number of benzene rings is 2. The van der Waals surface area contributed by atoms with E-state index in [1.807, 2.05) is 30.3 Å². The number of carbonyl (C=O) groups is 1. The van der Waals surface area contributed by atoms with Gasteiger partial charge >= 0.3 is 6.18 Å². The van der Waals surface area contributed by atoms with Crippen LogP contribution in [0.15, 0.2) is 59.5 Å². The summed E-state index contributed by atoms with van der Waals surface area (Å²) in [5, 5.41) is 0. The fourth-order valence-electron chi connectivity index (χ4n) is 2.21. The van der Waals surface area contributed by atoms with Crippen LogP contribution in [0.4, 0.5) is 18.9 Å². The lowest BCUT2D eigenvalue weighted by Crippen LogP contribution is -2.27. The minimum absolute atomic E-state index is 0.115. The minimum atomic E-state index is -4.48. The number of amides is 1. The molecule has 1 fully saturated rings. The van der Waals surface area contributed by atoms with E-state index in [1.165, 1.54) is 12.1 Å². The minimum Gasteiger partial charge on any atom is -0.268 e. The number of halogens is 3. The van der Waals surface area contributed by atoms with Crippen molar-refractivity contribution in [1.29, 1.82) is 0 Å². The van der Waals surface area contributed by atoms with E-state index in [-0.39, 0.29) is 10.0 Å². The van der Waals surface area contributed by atoms with Gasteiger partial charge in [0.25, 0.3) is 5.91 Å². The Labute approximate surface area is 146 Å². The lowest BCUT2D eigenvalue weighted by molar-refractivity contribution is -0.137. The third-order valence-corrected chi connectivity index (χ3v) is 4.62. The standard InChI is InChI=1S/C17H10F3NOS2/c18-17(19,20)12-7-4-8-13(10-12)21-15(22)14(24-16(21)23)9-11-5-2-1-3-6-11/h1-10H/b14-9-. The molecule has 3 rings (SSSR count). The van der Waals surface area contributed by atoms with Gasteiger partial charge in [0, 0.05) is 0 Å². The van der Waals surface area contributed by atoms with E-state index >= 15 is 0 Å².